The number of benzene rings is 2. The lowest BCUT2D eigenvalue weighted by Crippen LogP contribution is -2.17. The second-order valence-corrected chi connectivity index (χ2v) is 7.53. The van der Waals surface area contributed by atoms with Crippen molar-refractivity contribution >= 4 is 39.1 Å². The molecule has 1 N–H and O–H groups in total. The minimum absolute atomic E-state index is 0.603. The third-order valence-corrected chi connectivity index (χ3v) is 5.10. The Morgan fingerprint density at radius 1 is 1.00 bits per heavy atom. The molecule has 0 amide bonds. The number of halogens is 3. The summed E-state index contributed by atoms with van der Waals surface area (Å²) in [7, 11) is 0. The lowest BCUT2D eigenvalue weighted by atomic mass is 10.1. The van der Waals surface area contributed by atoms with E-state index < -0.39 is 0 Å². The van der Waals surface area contributed by atoms with Crippen LogP contribution in [0.25, 0.3) is 0 Å². The van der Waals surface area contributed by atoms with Crippen LogP contribution in [0.15, 0.2) is 34.8 Å². The zero-order valence-corrected chi connectivity index (χ0v) is 18.2. The van der Waals surface area contributed by atoms with Crippen LogP contribution in [0.4, 0.5) is 0 Å². The van der Waals surface area contributed by atoms with Crippen LogP contribution >= 0.6 is 39.1 Å². The predicted molar refractivity (Wildman–Crippen MR) is 113 cm³/mol. The smallest absolute Gasteiger partial charge is 0.162 e. The number of rotatable bonds is 10. The second-order valence-electron chi connectivity index (χ2n) is 5.83. The number of nitrogens with one attached hydrogen (secondary N) is 1. The highest BCUT2D eigenvalue weighted by Crippen LogP contribution is 2.34. The first-order valence-electron chi connectivity index (χ1n) is 8.77. The monoisotopic (exact) mass is 459 g/mol. The van der Waals surface area contributed by atoms with E-state index >= 15 is 0 Å². The van der Waals surface area contributed by atoms with Gasteiger partial charge in [0.05, 0.1) is 13.2 Å². The van der Waals surface area contributed by atoms with Crippen LogP contribution in [0, 0.1) is 0 Å². The molecule has 0 saturated heterocycles. The molecule has 26 heavy (non-hydrogen) atoms. The summed E-state index contributed by atoms with van der Waals surface area (Å²) < 4.78 is 12.5. The van der Waals surface area contributed by atoms with Gasteiger partial charge in [-0.3, -0.25) is 0 Å². The Hall–Kier alpha value is -0.940. The maximum Gasteiger partial charge on any atom is 0.162 e. The standard InChI is InChI=1S/C20H24BrCl2NO2/c1-3-9-26-20-12-17(21)15(10-19(20)25-4-2)13-24-8-7-14-5-6-16(22)11-18(14)23/h5-6,10-12,24H,3-4,7-9,13H2,1-2H3. The first-order chi connectivity index (χ1) is 12.5. The molecule has 2 aromatic rings. The Bertz CT molecular complexity index is 725. The number of ether oxygens (including phenoxy) is 2. The Balaban J connectivity index is 1.96. The molecule has 3 nitrogen and oxygen atoms in total. The molecule has 0 radical (unpaired) electrons. The molecular weight excluding hydrogens is 437 g/mol. The van der Waals surface area contributed by atoms with E-state index in [9.17, 15) is 0 Å². The predicted octanol–water partition coefficient (Wildman–Crippen LogP) is 6.28. The quantitative estimate of drug-likeness (QED) is 0.423. The zero-order valence-electron chi connectivity index (χ0n) is 15.1. The van der Waals surface area contributed by atoms with Gasteiger partial charge in [-0.2, -0.15) is 0 Å². The van der Waals surface area contributed by atoms with E-state index in [2.05, 4.69) is 28.2 Å². The van der Waals surface area contributed by atoms with Gasteiger partial charge in [-0.25, -0.2) is 0 Å². The van der Waals surface area contributed by atoms with Crippen LogP contribution < -0.4 is 14.8 Å². The van der Waals surface area contributed by atoms with Gasteiger partial charge in [-0.1, -0.05) is 52.1 Å². The molecule has 0 aromatic heterocycles. The van der Waals surface area contributed by atoms with Crippen molar-refractivity contribution in [1.82, 2.24) is 5.32 Å². The van der Waals surface area contributed by atoms with Crippen molar-refractivity contribution in [3.8, 4) is 11.5 Å². The van der Waals surface area contributed by atoms with Crippen LogP contribution in [0.5, 0.6) is 11.5 Å². The lowest BCUT2D eigenvalue weighted by molar-refractivity contribution is 0.276. The summed E-state index contributed by atoms with van der Waals surface area (Å²) in [6, 6.07) is 9.62. The minimum atomic E-state index is 0.603. The largest absolute Gasteiger partial charge is 0.490 e. The summed E-state index contributed by atoms with van der Waals surface area (Å²) in [5, 5.41) is 4.81. The Morgan fingerprint density at radius 3 is 2.46 bits per heavy atom. The normalized spacial score (nSPS) is 10.8. The molecule has 2 rings (SSSR count). The fourth-order valence-corrected chi connectivity index (χ4v) is 3.44. The maximum absolute atomic E-state index is 6.22. The SMILES string of the molecule is CCCOc1cc(Br)c(CNCCc2ccc(Cl)cc2Cl)cc1OCC. The first-order valence-corrected chi connectivity index (χ1v) is 10.3. The van der Waals surface area contributed by atoms with Gasteiger partial charge in [0, 0.05) is 21.1 Å². The van der Waals surface area contributed by atoms with Crippen LogP contribution in [-0.2, 0) is 13.0 Å². The zero-order chi connectivity index (χ0) is 18.9. The first kappa shape index (κ1) is 21.4. The van der Waals surface area contributed by atoms with E-state index in [0.29, 0.717) is 23.3 Å². The lowest BCUT2D eigenvalue weighted by Gasteiger charge is -2.15. The number of hydrogen-bond acceptors (Lipinski definition) is 3. The second kappa shape index (κ2) is 11.0. The summed E-state index contributed by atoms with van der Waals surface area (Å²) in [6.45, 7) is 6.86. The van der Waals surface area contributed by atoms with E-state index in [4.69, 9.17) is 32.7 Å². The van der Waals surface area contributed by atoms with Gasteiger partial charge >= 0.3 is 0 Å². The Morgan fingerprint density at radius 2 is 1.77 bits per heavy atom. The average Bonchev–Trinajstić information content (AvgIpc) is 2.61. The van der Waals surface area contributed by atoms with Crippen molar-refractivity contribution in [2.24, 2.45) is 0 Å². The highest BCUT2D eigenvalue weighted by molar-refractivity contribution is 9.10. The van der Waals surface area contributed by atoms with Crippen molar-refractivity contribution in [3.63, 3.8) is 0 Å². The summed E-state index contributed by atoms with van der Waals surface area (Å²) >= 11 is 15.8. The molecule has 0 spiro atoms. The molecule has 0 aliphatic rings. The fourth-order valence-electron chi connectivity index (χ4n) is 2.48. The van der Waals surface area contributed by atoms with Gasteiger partial charge < -0.3 is 14.8 Å². The fraction of sp³-hybridized carbons (Fsp3) is 0.400. The third-order valence-electron chi connectivity index (χ3n) is 3.78. The van der Waals surface area contributed by atoms with Crippen molar-refractivity contribution in [3.05, 3.63) is 56.0 Å². The summed E-state index contributed by atoms with van der Waals surface area (Å²) in [4.78, 5) is 0. The van der Waals surface area contributed by atoms with Crippen molar-refractivity contribution in [2.45, 2.75) is 33.2 Å². The topological polar surface area (TPSA) is 30.5 Å². The molecule has 0 atom stereocenters. The highest BCUT2D eigenvalue weighted by atomic mass is 79.9. The maximum atomic E-state index is 6.22. The Kier molecular flexibility index (Phi) is 9.06. The molecule has 2 aromatic carbocycles. The summed E-state index contributed by atoms with van der Waals surface area (Å²) in [5.41, 5.74) is 2.21. The molecule has 0 fully saturated rings. The van der Waals surface area contributed by atoms with Crippen molar-refractivity contribution < 1.29 is 9.47 Å². The van der Waals surface area contributed by atoms with E-state index in [1.54, 1.807) is 6.07 Å². The van der Waals surface area contributed by atoms with Gasteiger partial charge in [-0.15, -0.1) is 0 Å². The van der Waals surface area contributed by atoms with Gasteiger partial charge in [-0.05, 0) is 61.7 Å². The molecule has 0 unspecified atom stereocenters. The van der Waals surface area contributed by atoms with Gasteiger partial charge in [0.15, 0.2) is 11.5 Å². The van der Waals surface area contributed by atoms with Crippen molar-refractivity contribution in [2.75, 3.05) is 19.8 Å². The van der Waals surface area contributed by atoms with Crippen molar-refractivity contribution in [1.29, 1.82) is 0 Å². The molecule has 142 valence electrons. The Labute approximate surface area is 174 Å². The van der Waals surface area contributed by atoms with E-state index in [0.717, 1.165) is 53.0 Å². The minimum Gasteiger partial charge on any atom is -0.490 e. The third kappa shape index (κ3) is 6.34. The van der Waals surface area contributed by atoms with E-state index in [1.165, 1.54) is 0 Å². The van der Waals surface area contributed by atoms with Gasteiger partial charge in [0.25, 0.3) is 0 Å². The summed E-state index contributed by atoms with van der Waals surface area (Å²) in [5.74, 6) is 1.55. The van der Waals surface area contributed by atoms with E-state index in [-0.39, 0.29) is 0 Å². The molecular formula is C20H24BrCl2NO2. The molecule has 0 saturated carbocycles. The molecule has 0 bridgehead atoms. The highest BCUT2D eigenvalue weighted by Gasteiger charge is 2.11. The van der Waals surface area contributed by atoms with Crippen LogP contribution in [0.2, 0.25) is 10.0 Å². The van der Waals surface area contributed by atoms with E-state index in [1.807, 2.05) is 31.2 Å². The number of hydrogen-bond donors (Lipinski definition) is 1. The van der Waals surface area contributed by atoms with Crippen LogP contribution in [0.1, 0.15) is 31.4 Å². The molecule has 0 aliphatic heterocycles. The van der Waals surface area contributed by atoms with Crippen LogP contribution in [0.3, 0.4) is 0 Å². The van der Waals surface area contributed by atoms with Gasteiger partial charge in [0.2, 0.25) is 0 Å². The summed E-state index contributed by atoms with van der Waals surface area (Å²) in [6.07, 6.45) is 1.80. The molecule has 0 heterocycles. The average molecular weight is 461 g/mol. The van der Waals surface area contributed by atoms with Gasteiger partial charge in [0.1, 0.15) is 0 Å². The molecule has 6 heteroatoms. The van der Waals surface area contributed by atoms with Crippen LogP contribution in [-0.4, -0.2) is 19.8 Å². The molecule has 0 aliphatic carbocycles.